The highest BCUT2D eigenvalue weighted by molar-refractivity contribution is 7.20. The average molecular weight is 338 g/mol. The van der Waals surface area contributed by atoms with Gasteiger partial charge >= 0.3 is 5.97 Å². The van der Waals surface area contributed by atoms with Crippen LogP contribution in [0.15, 0.2) is 11.6 Å². The molecule has 0 aromatic carbocycles. The number of nitrogens with zero attached hydrogens (tertiary/aromatic N) is 2. The highest BCUT2D eigenvalue weighted by Gasteiger charge is 2.20. The Morgan fingerprint density at radius 3 is 2.64 bits per heavy atom. The van der Waals surface area contributed by atoms with E-state index in [9.17, 15) is 9.59 Å². The number of rotatable bonds is 8. The van der Waals surface area contributed by atoms with Gasteiger partial charge in [0.25, 0.3) is 0 Å². The van der Waals surface area contributed by atoms with Crippen molar-refractivity contribution in [2.24, 2.45) is 5.92 Å². The first-order valence-corrected chi connectivity index (χ1v) is 8.81. The average Bonchev–Trinajstić information content (AvgIpc) is 3.05. The Labute approximate surface area is 137 Å². The molecule has 0 spiro atoms. The number of carbonyl (C=O) groups excluding carboxylic acids is 1. The molecule has 2 rings (SSSR count). The Hall–Kier alpha value is -1.60. The molecule has 0 radical (unpaired) electrons. The Bertz CT molecular complexity index is 648. The molecule has 7 heteroatoms. The van der Waals surface area contributed by atoms with Crippen molar-refractivity contribution in [1.29, 1.82) is 0 Å². The lowest BCUT2D eigenvalue weighted by Gasteiger charge is -2.04. The fourth-order valence-electron chi connectivity index (χ4n) is 2.02. The minimum Gasteiger partial charge on any atom is -0.481 e. The molecular formula is C15H18N2O3S2. The summed E-state index contributed by atoms with van der Waals surface area (Å²) in [6, 6.07) is 0. The molecular weight excluding hydrogens is 320 g/mol. The third-order valence-electron chi connectivity index (χ3n) is 2.96. The molecule has 0 saturated heterocycles. The maximum absolute atomic E-state index is 12.3. The van der Waals surface area contributed by atoms with E-state index in [1.165, 1.54) is 22.7 Å². The number of aliphatic carboxylic acids is 1. The van der Waals surface area contributed by atoms with Crippen LogP contribution in [0.3, 0.4) is 0 Å². The number of aromatic nitrogens is 2. The van der Waals surface area contributed by atoms with Crippen molar-refractivity contribution in [3.8, 4) is 10.0 Å². The zero-order chi connectivity index (χ0) is 16.1. The number of ketones is 1. The Balaban J connectivity index is 2.20. The van der Waals surface area contributed by atoms with Gasteiger partial charge in [0, 0.05) is 29.3 Å². The number of Topliss-reactive ketones (excluding diaryl/α,β-unsaturated/α-hetero) is 1. The maximum atomic E-state index is 12.3. The van der Waals surface area contributed by atoms with Gasteiger partial charge in [0.1, 0.15) is 5.69 Å². The van der Waals surface area contributed by atoms with Crippen molar-refractivity contribution in [2.75, 3.05) is 0 Å². The summed E-state index contributed by atoms with van der Waals surface area (Å²) in [5, 5.41) is 12.1. The second kappa shape index (κ2) is 7.60. The number of carboxylic acid groups (broad SMARTS) is 1. The van der Waals surface area contributed by atoms with Crippen LogP contribution in [0.5, 0.6) is 0 Å². The highest BCUT2D eigenvalue weighted by atomic mass is 32.1. The van der Waals surface area contributed by atoms with Crippen LogP contribution >= 0.6 is 22.7 Å². The van der Waals surface area contributed by atoms with Gasteiger partial charge in [-0.2, -0.15) is 0 Å². The van der Waals surface area contributed by atoms with Crippen LogP contribution in [0.4, 0.5) is 0 Å². The predicted molar refractivity (Wildman–Crippen MR) is 87.6 cm³/mol. The van der Waals surface area contributed by atoms with E-state index >= 15 is 0 Å². The molecule has 2 aromatic rings. The van der Waals surface area contributed by atoms with E-state index < -0.39 is 5.97 Å². The molecule has 0 aliphatic rings. The molecule has 2 aromatic heterocycles. The summed E-state index contributed by atoms with van der Waals surface area (Å²) in [5.41, 5.74) is 0.495. The third kappa shape index (κ3) is 4.45. The minimum absolute atomic E-state index is 0.00866. The number of thiazole rings is 2. The van der Waals surface area contributed by atoms with Crippen molar-refractivity contribution in [3.63, 3.8) is 0 Å². The largest absolute Gasteiger partial charge is 0.481 e. The monoisotopic (exact) mass is 338 g/mol. The van der Waals surface area contributed by atoms with Gasteiger partial charge in [-0.3, -0.25) is 9.59 Å². The van der Waals surface area contributed by atoms with Crippen LogP contribution in [-0.2, 0) is 11.2 Å². The summed E-state index contributed by atoms with van der Waals surface area (Å²) in [6.45, 7) is 4.20. The first kappa shape index (κ1) is 16.8. The molecule has 0 saturated carbocycles. The van der Waals surface area contributed by atoms with E-state index in [2.05, 4.69) is 23.8 Å². The number of hydrogen-bond donors (Lipinski definition) is 1. The van der Waals surface area contributed by atoms with E-state index in [1.54, 1.807) is 6.20 Å². The third-order valence-corrected chi connectivity index (χ3v) is 4.96. The second-order valence-electron chi connectivity index (χ2n) is 5.40. The summed E-state index contributed by atoms with van der Waals surface area (Å²) in [4.78, 5) is 32.6. The SMILES string of the molecule is CC(C)Cc1sc(-c2nccs2)nc1C(=O)CCCC(=O)O. The van der Waals surface area contributed by atoms with Gasteiger partial charge in [-0.05, 0) is 18.8 Å². The van der Waals surface area contributed by atoms with E-state index in [0.29, 0.717) is 18.0 Å². The zero-order valence-corrected chi connectivity index (χ0v) is 14.2. The molecule has 0 atom stereocenters. The second-order valence-corrected chi connectivity index (χ2v) is 7.37. The first-order chi connectivity index (χ1) is 10.5. The molecule has 0 aliphatic heterocycles. The van der Waals surface area contributed by atoms with Crippen LogP contribution in [0.1, 0.15) is 48.5 Å². The summed E-state index contributed by atoms with van der Waals surface area (Å²) in [5.74, 6) is -0.525. The van der Waals surface area contributed by atoms with Crippen molar-refractivity contribution < 1.29 is 14.7 Å². The van der Waals surface area contributed by atoms with Gasteiger partial charge in [-0.1, -0.05) is 13.8 Å². The molecule has 2 heterocycles. The fourth-order valence-corrected chi connectivity index (χ4v) is 3.99. The standard InChI is InChI=1S/C15H18N2O3S2/c1-9(2)8-11-13(10(18)4-3-5-12(19)20)17-15(22-11)14-16-6-7-21-14/h6-7,9H,3-5,8H2,1-2H3,(H,19,20). The molecule has 0 unspecified atom stereocenters. The summed E-state index contributed by atoms with van der Waals surface area (Å²) >= 11 is 3.01. The van der Waals surface area contributed by atoms with Gasteiger partial charge < -0.3 is 5.11 Å². The van der Waals surface area contributed by atoms with Crippen molar-refractivity contribution >= 4 is 34.4 Å². The van der Waals surface area contributed by atoms with E-state index in [-0.39, 0.29) is 18.6 Å². The van der Waals surface area contributed by atoms with Crippen LogP contribution < -0.4 is 0 Å². The molecule has 0 amide bonds. The number of carbonyl (C=O) groups is 2. The quantitative estimate of drug-likeness (QED) is 0.738. The Morgan fingerprint density at radius 2 is 2.05 bits per heavy atom. The molecule has 5 nitrogen and oxygen atoms in total. The molecule has 22 heavy (non-hydrogen) atoms. The van der Waals surface area contributed by atoms with Crippen LogP contribution in [0.2, 0.25) is 0 Å². The molecule has 0 fully saturated rings. The fraction of sp³-hybridized carbons (Fsp3) is 0.467. The van der Waals surface area contributed by atoms with Gasteiger partial charge in [0.05, 0.1) is 0 Å². The number of hydrogen-bond acceptors (Lipinski definition) is 6. The van der Waals surface area contributed by atoms with Crippen LogP contribution in [0, 0.1) is 5.92 Å². The van der Waals surface area contributed by atoms with E-state index in [0.717, 1.165) is 21.3 Å². The Kier molecular flexibility index (Phi) is 5.79. The van der Waals surface area contributed by atoms with Gasteiger partial charge in [0.2, 0.25) is 0 Å². The smallest absolute Gasteiger partial charge is 0.303 e. The molecule has 0 bridgehead atoms. The summed E-state index contributed by atoms with van der Waals surface area (Å²) in [6.07, 6.45) is 3.09. The first-order valence-electron chi connectivity index (χ1n) is 7.12. The van der Waals surface area contributed by atoms with Crippen molar-refractivity contribution in [3.05, 3.63) is 22.1 Å². The van der Waals surface area contributed by atoms with Crippen LogP contribution in [0.25, 0.3) is 10.0 Å². The van der Waals surface area contributed by atoms with Gasteiger partial charge in [-0.25, -0.2) is 9.97 Å². The predicted octanol–water partition coefficient (Wildman–Crippen LogP) is 3.90. The topological polar surface area (TPSA) is 80.2 Å². The maximum Gasteiger partial charge on any atom is 0.303 e. The minimum atomic E-state index is -0.878. The normalized spacial score (nSPS) is 11.0. The molecule has 1 N–H and O–H groups in total. The number of carboxylic acids is 1. The summed E-state index contributed by atoms with van der Waals surface area (Å²) < 4.78 is 0. The lowest BCUT2D eigenvalue weighted by molar-refractivity contribution is -0.137. The summed E-state index contributed by atoms with van der Waals surface area (Å²) in [7, 11) is 0. The van der Waals surface area contributed by atoms with Crippen molar-refractivity contribution in [2.45, 2.75) is 39.5 Å². The molecule has 0 aliphatic carbocycles. The molecule has 118 valence electrons. The lowest BCUT2D eigenvalue weighted by Crippen LogP contribution is -2.06. The van der Waals surface area contributed by atoms with Gasteiger partial charge in [-0.15, -0.1) is 22.7 Å². The highest BCUT2D eigenvalue weighted by Crippen LogP contribution is 2.31. The zero-order valence-electron chi connectivity index (χ0n) is 12.5. The van der Waals surface area contributed by atoms with Gasteiger partial charge in [0.15, 0.2) is 15.8 Å². The van der Waals surface area contributed by atoms with E-state index in [1.807, 2.05) is 5.38 Å². The van der Waals surface area contributed by atoms with Crippen LogP contribution in [-0.4, -0.2) is 26.8 Å². The van der Waals surface area contributed by atoms with E-state index in [4.69, 9.17) is 5.11 Å². The Morgan fingerprint density at radius 1 is 1.27 bits per heavy atom. The lowest BCUT2D eigenvalue weighted by atomic mass is 10.0. The van der Waals surface area contributed by atoms with Crippen molar-refractivity contribution in [1.82, 2.24) is 9.97 Å².